The quantitative estimate of drug-likeness (QED) is 0.158. The Labute approximate surface area is 228 Å². The highest BCUT2D eigenvalue weighted by Gasteiger charge is 2.23. The van der Waals surface area contributed by atoms with Crippen molar-refractivity contribution in [3.05, 3.63) is 148 Å². The fraction of sp³-hybridized carbons (Fsp3) is 0. The Balaban J connectivity index is 1.86. The fourth-order valence-electron chi connectivity index (χ4n) is 5.65. The molecule has 5 aromatic carbocycles. The van der Waals surface area contributed by atoms with Gasteiger partial charge in [0.1, 0.15) is 0 Å². The van der Waals surface area contributed by atoms with Gasteiger partial charge in [0.2, 0.25) is 0 Å². The van der Waals surface area contributed by atoms with Crippen molar-refractivity contribution in [1.82, 2.24) is 4.40 Å². The molecule has 7 rings (SSSR count). The molecule has 0 unspecified atom stereocenters. The predicted octanol–water partition coefficient (Wildman–Crippen LogP) is 9.37. The maximum atomic E-state index is 14.6. The number of halogens is 1. The number of fused-ring (bicyclic) bond motifs is 4. The Bertz CT molecular complexity index is 2030. The van der Waals surface area contributed by atoms with Crippen molar-refractivity contribution < 1.29 is 0 Å². The first-order chi connectivity index (χ1) is 18.7. The summed E-state index contributed by atoms with van der Waals surface area (Å²) in [5.74, 6) is 0. The van der Waals surface area contributed by atoms with Crippen LogP contribution in [0.25, 0.3) is 60.6 Å². The van der Waals surface area contributed by atoms with E-state index in [9.17, 15) is 4.79 Å². The van der Waals surface area contributed by atoms with E-state index in [-0.39, 0.29) is 5.56 Å². The van der Waals surface area contributed by atoms with Gasteiger partial charge in [0.25, 0.3) is 5.56 Å². The molecule has 0 radical (unpaired) electrons. The molecule has 180 valence electrons. The minimum absolute atomic E-state index is 0.0298. The Hall–Kier alpha value is -4.47. The van der Waals surface area contributed by atoms with E-state index in [4.69, 9.17) is 0 Å². The van der Waals surface area contributed by atoms with E-state index >= 15 is 0 Å². The number of nitrogens with zero attached hydrogens (tertiary/aromatic N) is 1. The third kappa shape index (κ3) is 3.51. The Morgan fingerprint density at radius 3 is 1.61 bits per heavy atom. The summed E-state index contributed by atoms with van der Waals surface area (Å²) in [4.78, 5) is 14.6. The van der Waals surface area contributed by atoms with Crippen LogP contribution in [0.15, 0.2) is 143 Å². The molecule has 3 heteroatoms. The van der Waals surface area contributed by atoms with E-state index in [1.807, 2.05) is 46.9 Å². The largest absolute Gasteiger partial charge is 0.274 e. The van der Waals surface area contributed by atoms with Crippen molar-refractivity contribution in [1.29, 1.82) is 0 Å². The molecule has 38 heavy (non-hydrogen) atoms. The van der Waals surface area contributed by atoms with Gasteiger partial charge < -0.3 is 0 Å². The van der Waals surface area contributed by atoms with Gasteiger partial charge in [-0.25, -0.2) is 0 Å². The molecule has 0 N–H and O–H groups in total. The van der Waals surface area contributed by atoms with Gasteiger partial charge in [-0.3, -0.25) is 9.20 Å². The molecule has 2 nitrogen and oxygen atoms in total. The van der Waals surface area contributed by atoms with Gasteiger partial charge in [0.15, 0.2) is 0 Å². The van der Waals surface area contributed by atoms with Gasteiger partial charge in [-0.05, 0) is 39.6 Å². The third-order valence-corrected chi connectivity index (χ3v) is 7.72. The zero-order valence-corrected chi connectivity index (χ0v) is 22.0. The highest BCUT2D eigenvalue weighted by Crippen LogP contribution is 2.43. The summed E-state index contributed by atoms with van der Waals surface area (Å²) < 4.78 is 2.84. The van der Waals surface area contributed by atoms with Gasteiger partial charge in [0.05, 0.1) is 11.2 Å². The molecule has 0 amide bonds. The zero-order valence-electron chi connectivity index (χ0n) is 20.4. The van der Waals surface area contributed by atoms with E-state index in [2.05, 4.69) is 107 Å². The van der Waals surface area contributed by atoms with E-state index in [0.717, 1.165) is 59.7 Å². The molecular weight excluding hydrogens is 530 g/mol. The van der Waals surface area contributed by atoms with Crippen LogP contribution >= 0.6 is 15.9 Å². The molecule has 0 saturated heterocycles. The Kier molecular flexibility index (Phi) is 5.45. The van der Waals surface area contributed by atoms with Crippen LogP contribution in [0.3, 0.4) is 0 Å². The topological polar surface area (TPSA) is 21.5 Å². The minimum atomic E-state index is -0.0298. The number of hydrogen-bond acceptors (Lipinski definition) is 1. The van der Waals surface area contributed by atoms with Crippen molar-refractivity contribution in [2.45, 2.75) is 0 Å². The van der Waals surface area contributed by atoms with Crippen LogP contribution in [-0.4, -0.2) is 4.40 Å². The first-order valence-corrected chi connectivity index (χ1v) is 13.4. The lowest BCUT2D eigenvalue weighted by atomic mass is 9.89. The van der Waals surface area contributed by atoms with E-state index in [0.29, 0.717) is 5.39 Å². The van der Waals surface area contributed by atoms with E-state index < -0.39 is 0 Å². The lowest BCUT2D eigenvalue weighted by Crippen LogP contribution is -2.18. The number of hydrogen-bond donors (Lipinski definition) is 0. The lowest BCUT2D eigenvalue weighted by molar-refractivity contribution is 1.14. The standard InChI is InChI=1S/C35H22BrNO/c36-26-20-21-28-30(22-26)35(38)37-33(25-16-8-3-9-17-25)31(23-12-4-1-5-13-23)27-18-10-11-19-29(27)34(37)32(28)24-14-6-2-7-15-24/h1-22H. The van der Waals surface area contributed by atoms with Crippen molar-refractivity contribution in [2.75, 3.05) is 0 Å². The maximum absolute atomic E-state index is 14.6. The smallest absolute Gasteiger partial charge is 0.263 e. The summed E-state index contributed by atoms with van der Waals surface area (Å²) in [5, 5.41) is 3.79. The number of benzene rings is 5. The summed E-state index contributed by atoms with van der Waals surface area (Å²) in [5.41, 5.74) is 7.05. The predicted molar refractivity (Wildman–Crippen MR) is 163 cm³/mol. The molecule has 0 aliphatic heterocycles. The average molecular weight is 552 g/mol. The molecule has 2 aromatic heterocycles. The molecule has 0 bridgehead atoms. The van der Waals surface area contributed by atoms with Crippen LogP contribution < -0.4 is 5.56 Å². The molecule has 7 aromatic rings. The second kappa shape index (κ2) is 9.13. The Morgan fingerprint density at radius 1 is 0.474 bits per heavy atom. The van der Waals surface area contributed by atoms with Crippen molar-refractivity contribution in [3.8, 4) is 33.5 Å². The molecule has 2 heterocycles. The molecule has 0 atom stereocenters. The third-order valence-electron chi connectivity index (χ3n) is 7.23. The van der Waals surface area contributed by atoms with Gasteiger partial charge in [-0.1, -0.05) is 137 Å². The highest BCUT2D eigenvalue weighted by molar-refractivity contribution is 9.10. The summed E-state index contributed by atoms with van der Waals surface area (Å²) in [6.45, 7) is 0. The minimum Gasteiger partial charge on any atom is -0.274 e. The lowest BCUT2D eigenvalue weighted by Gasteiger charge is -2.22. The first kappa shape index (κ1) is 22.7. The van der Waals surface area contributed by atoms with E-state index in [1.165, 1.54) is 0 Å². The zero-order chi connectivity index (χ0) is 25.6. The van der Waals surface area contributed by atoms with Crippen LogP contribution in [0.2, 0.25) is 0 Å². The van der Waals surface area contributed by atoms with Gasteiger partial charge in [-0.15, -0.1) is 0 Å². The van der Waals surface area contributed by atoms with Gasteiger partial charge in [-0.2, -0.15) is 0 Å². The summed E-state index contributed by atoms with van der Waals surface area (Å²) >= 11 is 3.62. The number of pyridine rings is 2. The fourth-order valence-corrected chi connectivity index (χ4v) is 6.01. The highest BCUT2D eigenvalue weighted by atomic mass is 79.9. The summed E-state index contributed by atoms with van der Waals surface area (Å²) in [6, 6.07) is 45.5. The molecule has 0 spiro atoms. The van der Waals surface area contributed by atoms with E-state index in [1.54, 1.807) is 0 Å². The van der Waals surface area contributed by atoms with Crippen molar-refractivity contribution in [2.24, 2.45) is 0 Å². The normalized spacial score (nSPS) is 11.4. The van der Waals surface area contributed by atoms with Gasteiger partial charge in [0, 0.05) is 26.4 Å². The van der Waals surface area contributed by atoms with Gasteiger partial charge >= 0.3 is 0 Å². The molecular formula is C35H22BrNO. The Morgan fingerprint density at radius 2 is 0.974 bits per heavy atom. The van der Waals surface area contributed by atoms with Crippen LogP contribution in [0.4, 0.5) is 0 Å². The molecule has 0 saturated carbocycles. The maximum Gasteiger partial charge on any atom is 0.263 e. The van der Waals surface area contributed by atoms with Crippen molar-refractivity contribution >= 4 is 43.0 Å². The number of rotatable bonds is 3. The van der Waals surface area contributed by atoms with Crippen LogP contribution in [0.5, 0.6) is 0 Å². The van der Waals surface area contributed by atoms with Crippen LogP contribution in [-0.2, 0) is 0 Å². The second-order valence-corrected chi connectivity index (χ2v) is 10.3. The molecule has 0 fully saturated rings. The monoisotopic (exact) mass is 551 g/mol. The second-order valence-electron chi connectivity index (χ2n) is 9.42. The van der Waals surface area contributed by atoms with Crippen molar-refractivity contribution in [3.63, 3.8) is 0 Å². The number of aromatic nitrogens is 1. The average Bonchev–Trinajstić information content (AvgIpc) is 2.98. The van der Waals surface area contributed by atoms with Crippen LogP contribution in [0, 0.1) is 0 Å². The first-order valence-electron chi connectivity index (χ1n) is 12.6. The van der Waals surface area contributed by atoms with Crippen LogP contribution in [0.1, 0.15) is 0 Å². The SMILES string of the molecule is O=c1c2cc(Br)ccc2c(-c2ccccc2)c2c3ccccc3c(-c3ccccc3)c(-c3ccccc3)n12. The summed E-state index contributed by atoms with van der Waals surface area (Å²) in [7, 11) is 0. The summed E-state index contributed by atoms with van der Waals surface area (Å²) in [6.07, 6.45) is 0. The molecule has 0 aliphatic rings. The molecule has 0 aliphatic carbocycles.